The van der Waals surface area contributed by atoms with Gasteiger partial charge < -0.3 is 89.9 Å². The van der Waals surface area contributed by atoms with Gasteiger partial charge in [0.25, 0.3) is 0 Å². The predicted octanol–water partition coefficient (Wildman–Crippen LogP) is 17.0. The van der Waals surface area contributed by atoms with Gasteiger partial charge in [-0.25, -0.2) is 0 Å². The van der Waals surface area contributed by atoms with E-state index in [0.29, 0.717) is 12.8 Å². The van der Waals surface area contributed by atoms with Gasteiger partial charge in [0.15, 0.2) is 18.9 Å². The summed E-state index contributed by atoms with van der Waals surface area (Å²) in [7, 11) is 0. The van der Waals surface area contributed by atoms with Gasteiger partial charge >= 0.3 is 0 Å². The number of allylic oxidation sites excluding steroid dienone is 20. The summed E-state index contributed by atoms with van der Waals surface area (Å²) in [5.41, 5.74) is 0. The van der Waals surface area contributed by atoms with Crippen molar-refractivity contribution < 1.29 is 89.4 Å². The molecule has 3 rings (SSSR count). The number of ether oxygens (including phenoxy) is 6. The van der Waals surface area contributed by atoms with Crippen LogP contribution >= 0.6 is 0 Å². The molecule has 0 radical (unpaired) electrons. The van der Waals surface area contributed by atoms with Gasteiger partial charge in [-0.2, -0.15) is 0 Å². The van der Waals surface area contributed by atoms with E-state index in [1.165, 1.54) is 167 Å². The Labute approximate surface area is 678 Å². The highest BCUT2D eigenvalue weighted by molar-refractivity contribution is 5.76. The van der Waals surface area contributed by atoms with Crippen LogP contribution in [0.1, 0.15) is 328 Å². The van der Waals surface area contributed by atoms with Crippen LogP contribution in [0.5, 0.6) is 0 Å². The van der Waals surface area contributed by atoms with Crippen LogP contribution in [0.4, 0.5) is 0 Å². The van der Waals surface area contributed by atoms with E-state index in [9.17, 15) is 61.0 Å². The highest BCUT2D eigenvalue weighted by Gasteiger charge is 2.54. The molecule has 646 valence electrons. The fourth-order valence-corrected chi connectivity index (χ4v) is 14.5. The summed E-state index contributed by atoms with van der Waals surface area (Å²) < 4.78 is 34.6. The molecule has 112 heavy (non-hydrogen) atoms. The smallest absolute Gasteiger partial charge is 0.220 e. The summed E-state index contributed by atoms with van der Waals surface area (Å²) in [6.07, 6.45) is 74.3. The van der Waals surface area contributed by atoms with Gasteiger partial charge in [-0.3, -0.25) is 4.79 Å². The number of nitrogens with one attached hydrogen (secondary N) is 1. The standard InChI is InChI=1S/C93H161NO18/c1-3-5-7-9-11-13-15-17-19-21-23-25-27-29-31-33-35-36-37-38-39-40-41-43-45-47-49-51-53-55-57-59-61-63-65-67-69-71-81(99)94-76(77(98)70-68-66-64-62-60-58-56-54-52-50-48-46-44-42-34-32-30-28-26-24-22-20-18-16-14-12-10-8-6-4-2)75-107-91-87(105)84(102)89(79(73-96)109-91)112-93-88(106)85(103)90(80(74-97)110-93)111-92-86(104)83(101)82(100)78(72-95)108-92/h5,7,11,13,17,19,23,25,29,31,35-36,38-39,41,43,47,49,53,55,76-80,82-93,95-98,100-106H,3-4,6,8-10,12,14-16,18,20-22,24,26-28,30,32-34,37,40,42,44-46,48,50-52,54,56-75H2,1-2H3,(H,94,99)/b7-5-,13-11-,19-17-,25-23-,31-29-,36-35-,39-38-,43-41-,49-47-,55-53-. The van der Waals surface area contributed by atoms with Gasteiger partial charge in [0.2, 0.25) is 5.91 Å². The molecule has 0 bridgehead atoms. The first-order valence-electron chi connectivity index (χ1n) is 44.8. The van der Waals surface area contributed by atoms with Gasteiger partial charge in [-0.05, 0) is 89.9 Å². The molecule has 3 saturated heterocycles. The second kappa shape index (κ2) is 71.3. The maximum absolute atomic E-state index is 13.5. The molecule has 0 saturated carbocycles. The van der Waals surface area contributed by atoms with Crippen molar-refractivity contribution in [2.24, 2.45) is 0 Å². The van der Waals surface area contributed by atoms with E-state index in [4.69, 9.17) is 28.4 Å². The van der Waals surface area contributed by atoms with Crippen LogP contribution in [0.2, 0.25) is 0 Å². The molecule has 17 unspecified atom stereocenters. The third kappa shape index (κ3) is 49.4. The molecule has 19 heteroatoms. The minimum absolute atomic E-state index is 0.242. The number of aliphatic hydroxyl groups excluding tert-OH is 11. The van der Waals surface area contributed by atoms with Crippen molar-refractivity contribution in [3.8, 4) is 0 Å². The maximum Gasteiger partial charge on any atom is 0.220 e. The minimum Gasteiger partial charge on any atom is -0.394 e. The van der Waals surface area contributed by atoms with E-state index in [0.717, 1.165) is 128 Å². The van der Waals surface area contributed by atoms with E-state index in [1.807, 2.05) is 0 Å². The topological polar surface area (TPSA) is 307 Å². The first kappa shape index (κ1) is 102. The average molecular weight is 1580 g/mol. The molecular weight excluding hydrogens is 1420 g/mol. The predicted molar refractivity (Wildman–Crippen MR) is 452 cm³/mol. The summed E-state index contributed by atoms with van der Waals surface area (Å²) in [5, 5.41) is 121. The van der Waals surface area contributed by atoms with Crippen LogP contribution < -0.4 is 5.32 Å². The number of hydrogen-bond acceptors (Lipinski definition) is 18. The van der Waals surface area contributed by atoms with Gasteiger partial charge in [0.1, 0.15) is 73.2 Å². The third-order valence-corrected chi connectivity index (χ3v) is 21.6. The lowest BCUT2D eigenvalue weighted by Crippen LogP contribution is -2.66. The van der Waals surface area contributed by atoms with Crippen molar-refractivity contribution in [1.82, 2.24) is 5.32 Å². The molecule has 3 aliphatic rings. The van der Waals surface area contributed by atoms with Crippen LogP contribution in [0.15, 0.2) is 122 Å². The Morgan fingerprint density at radius 1 is 0.330 bits per heavy atom. The van der Waals surface area contributed by atoms with E-state index >= 15 is 0 Å². The number of hydrogen-bond donors (Lipinski definition) is 12. The Balaban J connectivity index is 1.35. The summed E-state index contributed by atoms with van der Waals surface area (Å²) >= 11 is 0. The Morgan fingerprint density at radius 2 is 0.616 bits per heavy atom. The van der Waals surface area contributed by atoms with Crippen molar-refractivity contribution in [2.75, 3.05) is 26.4 Å². The molecule has 19 nitrogen and oxygen atoms in total. The van der Waals surface area contributed by atoms with Crippen molar-refractivity contribution in [2.45, 2.75) is 433 Å². The van der Waals surface area contributed by atoms with Crippen LogP contribution in [0.3, 0.4) is 0 Å². The first-order valence-corrected chi connectivity index (χ1v) is 44.8. The first-order chi connectivity index (χ1) is 54.8. The highest BCUT2D eigenvalue weighted by atomic mass is 16.8. The van der Waals surface area contributed by atoms with E-state index in [1.54, 1.807) is 0 Å². The Morgan fingerprint density at radius 3 is 0.964 bits per heavy atom. The molecule has 0 aromatic heterocycles. The molecule has 0 aromatic carbocycles. The molecular formula is C93H161NO18. The zero-order valence-corrected chi connectivity index (χ0v) is 69.6. The molecule has 3 fully saturated rings. The van der Waals surface area contributed by atoms with Gasteiger partial charge in [-0.1, -0.05) is 354 Å². The van der Waals surface area contributed by atoms with Gasteiger partial charge in [0, 0.05) is 6.42 Å². The molecule has 3 aliphatic heterocycles. The number of aliphatic hydroxyl groups is 11. The van der Waals surface area contributed by atoms with Crippen LogP contribution in [0.25, 0.3) is 0 Å². The lowest BCUT2D eigenvalue weighted by Gasteiger charge is -2.48. The van der Waals surface area contributed by atoms with Crippen molar-refractivity contribution in [3.63, 3.8) is 0 Å². The largest absolute Gasteiger partial charge is 0.394 e. The third-order valence-electron chi connectivity index (χ3n) is 21.6. The molecule has 3 heterocycles. The van der Waals surface area contributed by atoms with Crippen molar-refractivity contribution in [3.05, 3.63) is 122 Å². The van der Waals surface area contributed by atoms with Gasteiger partial charge in [0.05, 0.1) is 38.6 Å². The molecule has 0 aliphatic carbocycles. The maximum atomic E-state index is 13.5. The molecule has 12 N–H and O–H groups in total. The monoisotopic (exact) mass is 1580 g/mol. The minimum atomic E-state index is -1.98. The number of rotatable bonds is 71. The average Bonchev–Trinajstić information content (AvgIpc) is 0.781. The molecule has 1 amide bonds. The fraction of sp³-hybridized carbons (Fsp3) is 0.774. The summed E-state index contributed by atoms with van der Waals surface area (Å²) in [6, 6.07) is -0.907. The number of carbonyl (C=O) groups excluding carboxylic acids is 1. The zero-order valence-electron chi connectivity index (χ0n) is 69.6. The molecule has 17 atom stereocenters. The van der Waals surface area contributed by atoms with Crippen molar-refractivity contribution >= 4 is 5.91 Å². The van der Waals surface area contributed by atoms with Crippen LogP contribution in [-0.4, -0.2) is 193 Å². The number of amides is 1. The highest BCUT2D eigenvalue weighted by Crippen LogP contribution is 2.33. The summed E-state index contributed by atoms with van der Waals surface area (Å²) in [4.78, 5) is 13.5. The lowest BCUT2D eigenvalue weighted by molar-refractivity contribution is -0.379. The second-order valence-electron chi connectivity index (χ2n) is 31.3. The van der Waals surface area contributed by atoms with Gasteiger partial charge in [-0.15, -0.1) is 0 Å². The summed E-state index contributed by atoms with van der Waals surface area (Å²) in [6.45, 7) is 1.71. The summed E-state index contributed by atoms with van der Waals surface area (Å²) in [5.74, 6) is -0.258. The lowest BCUT2D eigenvalue weighted by atomic mass is 9.96. The Hall–Kier alpha value is -3.81. The molecule has 0 spiro atoms. The van der Waals surface area contributed by atoms with Crippen LogP contribution in [0, 0.1) is 0 Å². The zero-order chi connectivity index (χ0) is 81.0. The van der Waals surface area contributed by atoms with Crippen LogP contribution in [-0.2, 0) is 33.2 Å². The molecule has 0 aromatic rings. The van der Waals surface area contributed by atoms with Crippen molar-refractivity contribution in [1.29, 1.82) is 0 Å². The Bertz CT molecular complexity index is 2500. The number of unbranched alkanes of at least 4 members (excludes halogenated alkanes) is 35. The van der Waals surface area contributed by atoms with E-state index in [2.05, 4.69) is 141 Å². The van der Waals surface area contributed by atoms with E-state index in [-0.39, 0.29) is 18.9 Å². The second-order valence-corrected chi connectivity index (χ2v) is 31.3. The normalized spacial score (nSPS) is 25.5. The SMILES string of the molecule is CC/C=C\C/C=C\C/C=C\C/C=C\C/C=C\C/C=C\C/C=C\C/C=C\C/C=C\C/C=C\CCCCCCCCC(=O)NC(COC1OC(CO)C(OC2OC(CO)C(OC3OC(CO)C(O)C(O)C3O)C(O)C2O)C(O)C1O)C(O)CCCCCCCCCCCCCCCCCCCCCCCCCCCCCCCC. The number of carbonyl (C=O) groups is 1. The Kier molecular flexibility index (Phi) is 65.2. The quantitative estimate of drug-likeness (QED) is 0.0199. The van der Waals surface area contributed by atoms with E-state index < -0.39 is 124 Å². The fourth-order valence-electron chi connectivity index (χ4n) is 14.5.